The number of nitrogens with one attached hydrogen (secondary N) is 3. The zero-order valence-corrected chi connectivity index (χ0v) is 21.2. The summed E-state index contributed by atoms with van der Waals surface area (Å²) in [5.74, 6) is -0.673. The van der Waals surface area contributed by atoms with Crippen LogP contribution < -0.4 is 14.9 Å². The number of carbonyl (C=O) groups is 1. The third-order valence-electron chi connectivity index (χ3n) is 6.56. The number of rotatable bonds is 8. The molecule has 1 aliphatic heterocycles. The number of carbonyl (C=O) groups excluding carboxylic acids is 1. The van der Waals surface area contributed by atoms with Crippen LogP contribution in [0.1, 0.15) is 56.0 Å². The largest absolute Gasteiger partial charge is 0.374 e. The van der Waals surface area contributed by atoms with E-state index in [0.29, 0.717) is 18.0 Å². The molecule has 37 heavy (non-hydrogen) atoms. The normalized spacial score (nSPS) is 18.2. The molecule has 1 aliphatic carbocycles. The monoisotopic (exact) mass is 534 g/mol. The van der Waals surface area contributed by atoms with Crippen molar-refractivity contribution in [3.05, 3.63) is 35.7 Å². The maximum absolute atomic E-state index is 13.4. The summed E-state index contributed by atoms with van der Waals surface area (Å²) in [6.45, 7) is 0.637. The maximum Gasteiger partial charge on any atom is 0.295 e. The number of halogens is 2. The number of benzene rings is 1. The molecule has 1 atom stereocenters. The van der Waals surface area contributed by atoms with Crippen molar-refractivity contribution >= 4 is 50.0 Å². The molecule has 0 spiro atoms. The SMILES string of the molecule is CN(c1cc([C@H]2CCCCO2)ccc1Nc1cc(NC(=O)C2CC2)nc2[nH]c(C(F)F)nc12)S(C)(=O)=O. The molecule has 1 amide bonds. The van der Waals surface area contributed by atoms with Gasteiger partial charge in [0.2, 0.25) is 15.9 Å². The van der Waals surface area contributed by atoms with E-state index in [2.05, 4.69) is 25.6 Å². The molecule has 3 heterocycles. The van der Waals surface area contributed by atoms with Gasteiger partial charge in [-0.2, -0.15) is 0 Å². The van der Waals surface area contributed by atoms with Crippen molar-refractivity contribution in [2.45, 2.75) is 44.6 Å². The maximum atomic E-state index is 13.4. The minimum Gasteiger partial charge on any atom is -0.374 e. The number of ether oxygens (including phenoxy) is 1. The summed E-state index contributed by atoms with van der Waals surface area (Å²) in [4.78, 5) is 23.1. The summed E-state index contributed by atoms with van der Waals surface area (Å²) >= 11 is 0. The summed E-state index contributed by atoms with van der Waals surface area (Å²) in [5.41, 5.74) is 2.08. The second-order valence-electron chi connectivity index (χ2n) is 9.43. The van der Waals surface area contributed by atoms with Gasteiger partial charge >= 0.3 is 0 Å². The number of sulfonamides is 1. The van der Waals surface area contributed by atoms with Crippen molar-refractivity contribution in [1.82, 2.24) is 15.0 Å². The van der Waals surface area contributed by atoms with Crippen LogP contribution in [0.15, 0.2) is 24.3 Å². The summed E-state index contributed by atoms with van der Waals surface area (Å²) < 4.78 is 58.8. The van der Waals surface area contributed by atoms with Crippen molar-refractivity contribution in [1.29, 1.82) is 0 Å². The molecule has 2 aromatic heterocycles. The van der Waals surface area contributed by atoms with Crippen molar-refractivity contribution in [3.63, 3.8) is 0 Å². The predicted octanol–water partition coefficient (Wildman–Crippen LogP) is 4.63. The molecule has 3 aromatic rings. The van der Waals surface area contributed by atoms with Crippen LogP contribution in [0.5, 0.6) is 0 Å². The number of hydrogen-bond donors (Lipinski definition) is 3. The number of imidazole rings is 1. The van der Waals surface area contributed by atoms with Crippen LogP contribution >= 0.6 is 0 Å². The third-order valence-corrected chi connectivity index (χ3v) is 7.75. The Morgan fingerprint density at radius 3 is 2.59 bits per heavy atom. The Morgan fingerprint density at radius 2 is 1.95 bits per heavy atom. The van der Waals surface area contributed by atoms with E-state index >= 15 is 0 Å². The smallest absolute Gasteiger partial charge is 0.295 e. The Hall–Kier alpha value is -3.32. The van der Waals surface area contributed by atoms with E-state index in [-0.39, 0.29) is 40.6 Å². The number of fused-ring (bicyclic) bond motifs is 1. The number of H-pyrrole nitrogens is 1. The topological polar surface area (TPSA) is 129 Å². The highest BCUT2D eigenvalue weighted by atomic mass is 32.2. The molecule has 5 rings (SSSR count). The Balaban J connectivity index is 1.57. The van der Waals surface area contributed by atoms with Crippen LogP contribution in [0.3, 0.4) is 0 Å². The number of pyridine rings is 1. The lowest BCUT2D eigenvalue weighted by Gasteiger charge is -2.26. The van der Waals surface area contributed by atoms with Gasteiger partial charge in [0.1, 0.15) is 11.3 Å². The summed E-state index contributed by atoms with van der Waals surface area (Å²) in [6.07, 6.45) is 2.49. The second-order valence-corrected chi connectivity index (χ2v) is 11.4. The first-order valence-corrected chi connectivity index (χ1v) is 13.9. The minimum atomic E-state index is -3.63. The molecule has 0 radical (unpaired) electrons. The molecule has 3 N–H and O–H groups in total. The third kappa shape index (κ3) is 5.52. The number of amides is 1. The predicted molar refractivity (Wildman–Crippen MR) is 136 cm³/mol. The van der Waals surface area contributed by atoms with Crippen LogP contribution in [-0.4, -0.2) is 49.2 Å². The van der Waals surface area contributed by atoms with E-state index in [4.69, 9.17) is 4.74 Å². The average molecular weight is 535 g/mol. The molecule has 1 saturated heterocycles. The van der Waals surface area contributed by atoms with E-state index in [0.717, 1.165) is 48.2 Å². The Kier molecular flexibility index (Phi) is 6.75. The van der Waals surface area contributed by atoms with Gasteiger partial charge in [-0.3, -0.25) is 9.10 Å². The van der Waals surface area contributed by atoms with Crippen LogP contribution in [0.4, 0.5) is 31.7 Å². The molecular weight excluding hydrogens is 506 g/mol. The van der Waals surface area contributed by atoms with E-state index < -0.39 is 22.3 Å². The molecule has 10 nitrogen and oxygen atoms in total. The fourth-order valence-electron chi connectivity index (χ4n) is 4.29. The molecule has 13 heteroatoms. The highest BCUT2D eigenvalue weighted by Gasteiger charge is 2.30. The van der Waals surface area contributed by atoms with E-state index in [1.165, 1.54) is 13.1 Å². The highest BCUT2D eigenvalue weighted by Crippen LogP contribution is 2.38. The Morgan fingerprint density at radius 1 is 1.16 bits per heavy atom. The lowest BCUT2D eigenvalue weighted by Crippen LogP contribution is -2.26. The Bertz CT molecular complexity index is 1430. The first-order valence-electron chi connectivity index (χ1n) is 12.1. The number of anilines is 4. The van der Waals surface area contributed by atoms with Gasteiger partial charge in [0.15, 0.2) is 11.5 Å². The van der Waals surface area contributed by atoms with E-state index in [1.807, 2.05) is 6.07 Å². The van der Waals surface area contributed by atoms with E-state index in [1.54, 1.807) is 12.1 Å². The molecular formula is C24H28F2N6O4S. The van der Waals surface area contributed by atoms with E-state index in [9.17, 15) is 22.0 Å². The zero-order chi connectivity index (χ0) is 26.3. The fraction of sp³-hybridized carbons (Fsp3) is 0.458. The van der Waals surface area contributed by atoms with Gasteiger partial charge in [-0.1, -0.05) is 6.07 Å². The zero-order valence-electron chi connectivity index (χ0n) is 20.4. The van der Waals surface area contributed by atoms with Crippen molar-refractivity contribution in [3.8, 4) is 0 Å². The lowest BCUT2D eigenvalue weighted by molar-refractivity contribution is -0.117. The molecule has 198 valence electrons. The van der Waals surface area contributed by atoms with Gasteiger partial charge in [-0.15, -0.1) is 0 Å². The molecule has 2 aliphatic rings. The van der Waals surface area contributed by atoms with Crippen LogP contribution in [0.25, 0.3) is 11.2 Å². The summed E-state index contributed by atoms with van der Waals surface area (Å²) in [5, 5.41) is 5.87. The van der Waals surface area contributed by atoms with Gasteiger partial charge < -0.3 is 20.4 Å². The van der Waals surface area contributed by atoms with Gasteiger partial charge in [0.05, 0.1) is 29.4 Å². The van der Waals surface area contributed by atoms with Crippen LogP contribution in [0.2, 0.25) is 0 Å². The summed E-state index contributed by atoms with van der Waals surface area (Å²) in [7, 11) is -2.19. The summed E-state index contributed by atoms with van der Waals surface area (Å²) in [6, 6.07) is 6.82. The van der Waals surface area contributed by atoms with Gasteiger partial charge in [0, 0.05) is 25.6 Å². The number of hydrogen-bond acceptors (Lipinski definition) is 7. The number of nitrogens with zero attached hydrogens (tertiary/aromatic N) is 3. The molecule has 0 bridgehead atoms. The molecule has 1 aromatic carbocycles. The minimum absolute atomic E-state index is 0.0663. The van der Waals surface area contributed by atoms with Crippen molar-refractivity contribution < 1.29 is 26.7 Å². The molecule has 0 unspecified atom stereocenters. The van der Waals surface area contributed by atoms with Crippen LogP contribution in [-0.2, 0) is 19.6 Å². The lowest BCUT2D eigenvalue weighted by atomic mass is 10.0. The first kappa shape index (κ1) is 25.3. The number of aromatic nitrogens is 3. The van der Waals surface area contributed by atoms with Crippen molar-refractivity contribution in [2.75, 3.05) is 34.8 Å². The fourth-order valence-corrected chi connectivity index (χ4v) is 4.80. The Labute approximate surface area is 212 Å². The van der Waals surface area contributed by atoms with Crippen LogP contribution in [0, 0.1) is 5.92 Å². The van der Waals surface area contributed by atoms with Gasteiger partial charge in [-0.05, 0) is 49.8 Å². The standard InChI is InChI=1S/C24H28F2N6O4S/c1-32(37(2,34)35)17-11-14(18-5-3-4-10-36-18)8-9-15(17)27-16-12-19(29-24(33)13-6-7-13)28-22-20(16)30-23(31-22)21(25)26/h8-9,11-13,18,21H,3-7,10H2,1-2H3,(H3,27,28,29,30,31,33)/t18-/m1/s1. The van der Waals surface area contributed by atoms with Gasteiger partial charge in [0.25, 0.3) is 6.43 Å². The first-order chi connectivity index (χ1) is 17.6. The average Bonchev–Trinajstić information content (AvgIpc) is 3.62. The number of aromatic amines is 1. The molecule has 2 fully saturated rings. The van der Waals surface area contributed by atoms with Gasteiger partial charge in [-0.25, -0.2) is 27.2 Å². The highest BCUT2D eigenvalue weighted by molar-refractivity contribution is 7.92. The molecule has 1 saturated carbocycles. The van der Waals surface area contributed by atoms with Crippen molar-refractivity contribution in [2.24, 2.45) is 5.92 Å². The second kappa shape index (κ2) is 9.86. The quantitative estimate of drug-likeness (QED) is 0.384. The number of alkyl halides is 2.